The molecule has 0 aliphatic heterocycles. The topological polar surface area (TPSA) is 38.5 Å². The lowest BCUT2D eigenvalue weighted by molar-refractivity contribution is 0.232. The normalized spacial score (nSPS) is 17.2. The minimum atomic E-state index is 0.206. The van der Waals surface area contributed by atoms with Crippen molar-refractivity contribution in [2.45, 2.75) is 44.9 Å². The zero-order chi connectivity index (χ0) is 13.1. The van der Waals surface area contributed by atoms with E-state index in [2.05, 4.69) is 30.1 Å². The molecule has 2 N–H and O–H groups in total. The predicted molar refractivity (Wildman–Crippen MR) is 74.8 cm³/mol. The Morgan fingerprint density at radius 3 is 2.67 bits per heavy atom. The van der Waals surface area contributed by atoms with E-state index < -0.39 is 0 Å². The first-order chi connectivity index (χ1) is 8.61. The zero-order valence-electron chi connectivity index (χ0n) is 11.6. The molecule has 0 radical (unpaired) electrons. The molecule has 1 aliphatic carbocycles. The first-order valence-corrected chi connectivity index (χ1v) is 6.80. The SMILES string of the molecule is CC(C)Oc1cccc(C(CN)N(C)C2CC2)c1. The standard InChI is InChI=1S/C15H24N2O/c1-11(2)18-14-6-4-5-12(9-14)15(10-16)17(3)13-7-8-13/h4-6,9,11,13,15H,7-8,10,16H2,1-3H3. The van der Waals surface area contributed by atoms with Crippen LogP contribution in [0.2, 0.25) is 0 Å². The van der Waals surface area contributed by atoms with Crippen LogP contribution in [0.1, 0.15) is 38.3 Å². The lowest BCUT2D eigenvalue weighted by atomic mass is 10.1. The van der Waals surface area contributed by atoms with Gasteiger partial charge in [0.15, 0.2) is 0 Å². The van der Waals surface area contributed by atoms with Crippen LogP contribution >= 0.6 is 0 Å². The number of rotatable bonds is 6. The van der Waals surface area contributed by atoms with Gasteiger partial charge in [-0.15, -0.1) is 0 Å². The molecule has 0 spiro atoms. The summed E-state index contributed by atoms with van der Waals surface area (Å²) in [7, 11) is 2.17. The van der Waals surface area contributed by atoms with Crippen molar-refractivity contribution in [1.82, 2.24) is 4.90 Å². The summed E-state index contributed by atoms with van der Waals surface area (Å²) in [5.41, 5.74) is 7.19. The maximum Gasteiger partial charge on any atom is 0.120 e. The summed E-state index contributed by atoms with van der Waals surface area (Å²) in [6.45, 7) is 4.74. The molecule has 0 saturated heterocycles. The van der Waals surface area contributed by atoms with Crippen LogP contribution in [0.5, 0.6) is 5.75 Å². The second-order valence-electron chi connectivity index (χ2n) is 5.39. The monoisotopic (exact) mass is 248 g/mol. The van der Waals surface area contributed by atoms with E-state index in [4.69, 9.17) is 10.5 Å². The average molecular weight is 248 g/mol. The van der Waals surface area contributed by atoms with Gasteiger partial charge in [-0.05, 0) is 51.4 Å². The molecule has 1 aliphatic rings. The smallest absolute Gasteiger partial charge is 0.120 e. The van der Waals surface area contributed by atoms with Crippen molar-refractivity contribution in [1.29, 1.82) is 0 Å². The van der Waals surface area contributed by atoms with Gasteiger partial charge in [0, 0.05) is 18.6 Å². The van der Waals surface area contributed by atoms with Crippen LogP contribution in [0.25, 0.3) is 0 Å². The van der Waals surface area contributed by atoms with E-state index in [1.54, 1.807) is 0 Å². The maximum atomic E-state index is 5.94. The highest BCUT2D eigenvalue weighted by Crippen LogP contribution is 2.33. The van der Waals surface area contributed by atoms with Gasteiger partial charge in [-0.2, -0.15) is 0 Å². The molecule has 0 aromatic heterocycles. The Hall–Kier alpha value is -1.06. The molecule has 1 atom stereocenters. The number of benzene rings is 1. The van der Waals surface area contributed by atoms with E-state index >= 15 is 0 Å². The van der Waals surface area contributed by atoms with Gasteiger partial charge in [-0.1, -0.05) is 12.1 Å². The minimum absolute atomic E-state index is 0.206. The fourth-order valence-corrected chi connectivity index (χ4v) is 2.34. The second-order valence-corrected chi connectivity index (χ2v) is 5.39. The number of hydrogen-bond donors (Lipinski definition) is 1. The summed E-state index contributed by atoms with van der Waals surface area (Å²) < 4.78 is 5.75. The van der Waals surface area contributed by atoms with E-state index in [0.29, 0.717) is 18.6 Å². The van der Waals surface area contributed by atoms with Crippen LogP contribution in [0, 0.1) is 0 Å². The van der Waals surface area contributed by atoms with Gasteiger partial charge in [0.05, 0.1) is 6.10 Å². The molecule has 1 saturated carbocycles. The number of likely N-dealkylation sites (N-methyl/N-ethyl adjacent to an activating group) is 1. The molecule has 3 nitrogen and oxygen atoms in total. The third kappa shape index (κ3) is 3.24. The Morgan fingerprint density at radius 1 is 1.39 bits per heavy atom. The summed E-state index contributed by atoms with van der Waals surface area (Å²) in [6.07, 6.45) is 2.81. The van der Waals surface area contributed by atoms with Gasteiger partial charge < -0.3 is 10.5 Å². The van der Waals surface area contributed by atoms with Crippen LogP contribution in [-0.4, -0.2) is 30.6 Å². The molecule has 1 aromatic carbocycles. The van der Waals surface area contributed by atoms with Gasteiger partial charge >= 0.3 is 0 Å². The second kappa shape index (κ2) is 5.72. The van der Waals surface area contributed by atoms with Crippen molar-refractivity contribution in [3.05, 3.63) is 29.8 Å². The van der Waals surface area contributed by atoms with Crippen LogP contribution < -0.4 is 10.5 Å². The van der Waals surface area contributed by atoms with Gasteiger partial charge in [-0.3, -0.25) is 4.90 Å². The minimum Gasteiger partial charge on any atom is -0.491 e. The summed E-state index contributed by atoms with van der Waals surface area (Å²) in [6, 6.07) is 9.34. The molecule has 1 unspecified atom stereocenters. The molecule has 0 amide bonds. The molecule has 1 aromatic rings. The number of ether oxygens (including phenoxy) is 1. The predicted octanol–water partition coefficient (Wildman–Crippen LogP) is 2.57. The van der Waals surface area contributed by atoms with Crippen LogP contribution in [-0.2, 0) is 0 Å². The van der Waals surface area contributed by atoms with Crippen molar-refractivity contribution in [3.63, 3.8) is 0 Å². The zero-order valence-corrected chi connectivity index (χ0v) is 11.6. The highest BCUT2D eigenvalue weighted by molar-refractivity contribution is 5.31. The van der Waals surface area contributed by atoms with Crippen LogP contribution in [0.4, 0.5) is 0 Å². The van der Waals surface area contributed by atoms with Crippen LogP contribution in [0.3, 0.4) is 0 Å². The largest absolute Gasteiger partial charge is 0.491 e. The van der Waals surface area contributed by atoms with E-state index in [0.717, 1.165) is 5.75 Å². The average Bonchev–Trinajstić information content (AvgIpc) is 3.13. The Bertz CT molecular complexity index is 388. The molecule has 2 rings (SSSR count). The van der Waals surface area contributed by atoms with Gasteiger partial charge in [0.25, 0.3) is 0 Å². The van der Waals surface area contributed by atoms with Crippen LogP contribution in [0.15, 0.2) is 24.3 Å². The number of hydrogen-bond acceptors (Lipinski definition) is 3. The molecule has 0 bridgehead atoms. The summed E-state index contributed by atoms with van der Waals surface area (Å²) in [5.74, 6) is 0.935. The molecule has 100 valence electrons. The lowest BCUT2D eigenvalue weighted by Gasteiger charge is -2.27. The third-order valence-corrected chi connectivity index (χ3v) is 3.45. The van der Waals surface area contributed by atoms with Crippen molar-refractivity contribution in [2.75, 3.05) is 13.6 Å². The molecule has 18 heavy (non-hydrogen) atoms. The fraction of sp³-hybridized carbons (Fsp3) is 0.600. The quantitative estimate of drug-likeness (QED) is 0.841. The number of nitrogens with zero attached hydrogens (tertiary/aromatic N) is 1. The van der Waals surface area contributed by atoms with Crippen molar-refractivity contribution in [2.24, 2.45) is 5.73 Å². The van der Waals surface area contributed by atoms with E-state index in [9.17, 15) is 0 Å². The first-order valence-electron chi connectivity index (χ1n) is 6.80. The van der Waals surface area contributed by atoms with Crippen molar-refractivity contribution >= 4 is 0 Å². The number of nitrogens with two attached hydrogens (primary N) is 1. The Balaban J connectivity index is 2.14. The van der Waals surface area contributed by atoms with Crippen molar-refractivity contribution in [3.8, 4) is 5.75 Å². The molecule has 3 heteroatoms. The summed E-state index contributed by atoms with van der Waals surface area (Å²) in [5, 5.41) is 0. The Kier molecular flexibility index (Phi) is 4.25. The van der Waals surface area contributed by atoms with Gasteiger partial charge in [-0.25, -0.2) is 0 Å². The van der Waals surface area contributed by atoms with E-state index in [1.807, 2.05) is 19.9 Å². The summed E-state index contributed by atoms with van der Waals surface area (Å²) >= 11 is 0. The van der Waals surface area contributed by atoms with Gasteiger partial charge in [0.2, 0.25) is 0 Å². The molecular weight excluding hydrogens is 224 g/mol. The highest BCUT2D eigenvalue weighted by Gasteiger charge is 2.31. The van der Waals surface area contributed by atoms with Gasteiger partial charge in [0.1, 0.15) is 5.75 Å². The lowest BCUT2D eigenvalue weighted by Crippen LogP contribution is -2.32. The highest BCUT2D eigenvalue weighted by atomic mass is 16.5. The van der Waals surface area contributed by atoms with Crippen molar-refractivity contribution < 1.29 is 4.74 Å². The van der Waals surface area contributed by atoms with E-state index in [1.165, 1.54) is 18.4 Å². The third-order valence-electron chi connectivity index (χ3n) is 3.45. The molecular formula is C15H24N2O. The Labute approximate surface area is 110 Å². The fourth-order valence-electron chi connectivity index (χ4n) is 2.34. The first kappa shape index (κ1) is 13.4. The molecule has 0 heterocycles. The van der Waals surface area contributed by atoms with E-state index in [-0.39, 0.29) is 6.10 Å². The maximum absolute atomic E-state index is 5.94. The molecule has 1 fully saturated rings. The summed E-state index contributed by atoms with van der Waals surface area (Å²) in [4.78, 5) is 2.40. The Morgan fingerprint density at radius 2 is 2.11 bits per heavy atom.